The first-order valence-corrected chi connectivity index (χ1v) is 8.23. The fourth-order valence-corrected chi connectivity index (χ4v) is 2.66. The second-order valence-electron chi connectivity index (χ2n) is 6.70. The number of benzene rings is 1. The van der Waals surface area contributed by atoms with Gasteiger partial charge in [-0.15, -0.1) is 0 Å². The summed E-state index contributed by atoms with van der Waals surface area (Å²) in [4.78, 5) is 27.0. The maximum Gasteiger partial charge on any atom is 0.251 e. The van der Waals surface area contributed by atoms with Crippen molar-refractivity contribution in [2.24, 2.45) is 5.73 Å². The number of aliphatic hydroxyl groups is 1. The zero-order chi connectivity index (χ0) is 18.9. The molecule has 3 rings (SSSR count). The lowest BCUT2D eigenvalue weighted by molar-refractivity contribution is 0.0786. The molecule has 4 N–H and O–H groups in total. The topological polar surface area (TPSA) is 118 Å². The Balaban J connectivity index is 1.93. The number of hydrogen-bond acceptors (Lipinski definition) is 6. The normalized spacial score (nSPS) is 12.8. The standard InChI is InChI=1S/C19H21N5O2/c1-11-23-15(9-17(25)24-11)14-8-16(22-10-21-14)18(20)12-4-6-13(7-5-12)19(2,3)26/h4-10,18,26H,20H2,1-3H3,(H,23,24,25)/t18-/m1/s1. The van der Waals surface area contributed by atoms with E-state index in [1.165, 1.54) is 12.4 Å². The van der Waals surface area contributed by atoms with Crippen molar-refractivity contribution < 1.29 is 5.11 Å². The van der Waals surface area contributed by atoms with E-state index in [9.17, 15) is 9.90 Å². The van der Waals surface area contributed by atoms with Crippen LogP contribution in [0.1, 0.15) is 42.5 Å². The molecule has 0 bridgehead atoms. The lowest BCUT2D eigenvalue weighted by Gasteiger charge is -2.19. The molecule has 7 nitrogen and oxygen atoms in total. The second kappa shape index (κ2) is 6.78. The molecule has 0 spiro atoms. The van der Waals surface area contributed by atoms with Crippen molar-refractivity contribution >= 4 is 0 Å². The maximum atomic E-state index is 11.7. The molecule has 26 heavy (non-hydrogen) atoms. The number of nitrogens with one attached hydrogen (secondary N) is 1. The zero-order valence-electron chi connectivity index (χ0n) is 14.9. The van der Waals surface area contributed by atoms with Gasteiger partial charge in [0.1, 0.15) is 12.2 Å². The number of aryl methyl sites for hydroxylation is 1. The molecule has 1 aromatic carbocycles. The van der Waals surface area contributed by atoms with Crippen LogP contribution in [0.5, 0.6) is 0 Å². The van der Waals surface area contributed by atoms with Crippen LogP contribution >= 0.6 is 0 Å². The summed E-state index contributed by atoms with van der Waals surface area (Å²) >= 11 is 0. The number of rotatable bonds is 4. The molecule has 0 aliphatic rings. The first kappa shape index (κ1) is 17.9. The van der Waals surface area contributed by atoms with Crippen LogP contribution in [0, 0.1) is 6.92 Å². The highest BCUT2D eigenvalue weighted by molar-refractivity contribution is 5.54. The molecule has 0 aliphatic heterocycles. The summed E-state index contributed by atoms with van der Waals surface area (Å²) in [7, 11) is 0. The first-order valence-electron chi connectivity index (χ1n) is 8.23. The minimum absolute atomic E-state index is 0.237. The van der Waals surface area contributed by atoms with Crippen LogP contribution in [-0.2, 0) is 5.60 Å². The van der Waals surface area contributed by atoms with Gasteiger partial charge in [-0.25, -0.2) is 15.0 Å². The highest BCUT2D eigenvalue weighted by atomic mass is 16.3. The van der Waals surface area contributed by atoms with Crippen molar-refractivity contribution in [2.75, 3.05) is 0 Å². The van der Waals surface area contributed by atoms with Crippen LogP contribution in [0.2, 0.25) is 0 Å². The van der Waals surface area contributed by atoms with E-state index in [0.717, 1.165) is 11.1 Å². The van der Waals surface area contributed by atoms with E-state index in [0.29, 0.717) is 22.9 Å². The molecular formula is C19H21N5O2. The fraction of sp³-hybridized carbons (Fsp3) is 0.263. The third-order valence-electron chi connectivity index (χ3n) is 4.11. The van der Waals surface area contributed by atoms with Crippen LogP contribution in [0.3, 0.4) is 0 Å². The maximum absolute atomic E-state index is 11.7. The Kier molecular flexibility index (Phi) is 4.67. The van der Waals surface area contributed by atoms with Crippen molar-refractivity contribution in [1.29, 1.82) is 0 Å². The first-order chi connectivity index (χ1) is 12.2. The average Bonchev–Trinajstić information content (AvgIpc) is 2.60. The molecule has 0 saturated heterocycles. The number of nitrogens with zero attached hydrogens (tertiary/aromatic N) is 3. The molecule has 0 radical (unpaired) electrons. The molecular weight excluding hydrogens is 330 g/mol. The summed E-state index contributed by atoms with van der Waals surface area (Å²) in [5.74, 6) is 0.513. The van der Waals surface area contributed by atoms with Crippen molar-refractivity contribution in [3.8, 4) is 11.4 Å². The van der Waals surface area contributed by atoms with Gasteiger partial charge in [-0.2, -0.15) is 0 Å². The number of aromatic nitrogens is 4. The zero-order valence-corrected chi connectivity index (χ0v) is 14.9. The van der Waals surface area contributed by atoms with Crippen LogP contribution in [0.25, 0.3) is 11.4 Å². The van der Waals surface area contributed by atoms with Crippen LogP contribution < -0.4 is 11.3 Å². The Hall–Kier alpha value is -2.90. The monoisotopic (exact) mass is 351 g/mol. The number of nitrogens with two attached hydrogens (primary N) is 1. The molecule has 7 heteroatoms. The van der Waals surface area contributed by atoms with E-state index < -0.39 is 11.6 Å². The minimum Gasteiger partial charge on any atom is -0.386 e. The molecule has 3 aromatic rings. The van der Waals surface area contributed by atoms with Crippen LogP contribution in [0.4, 0.5) is 0 Å². The van der Waals surface area contributed by atoms with Gasteiger partial charge in [-0.3, -0.25) is 4.79 Å². The van der Waals surface area contributed by atoms with Gasteiger partial charge >= 0.3 is 0 Å². The fourth-order valence-electron chi connectivity index (χ4n) is 2.66. The number of hydrogen-bond donors (Lipinski definition) is 3. The number of aromatic amines is 1. The summed E-state index contributed by atoms with van der Waals surface area (Å²) in [6.07, 6.45) is 1.41. The molecule has 0 amide bonds. The molecule has 0 aliphatic carbocycles. The van der Waals surface area contributed by atoms with Gasteiger partial charge in [0.15, 0.2) is 0 Å². The van der Waals surface area contributed by atoms with Gasteiger partial charge in [0.05, 0.1) is 28.7 Å². The van der Waals surface area contributed by atoms with Crippen LogP contribution in [0.15, 0.2) is 47.5 Å². The molecule has 0 saturated carbocycles. The molecule has 2 aromatic heterocycles. The summed E-state index contributed by atoms with van der Waals surface area (Å²) < 4.78 is 0. The van der Waals surface area contributed by atoms with Crippen molar-refractivity contribution in [3.05, 3.63) is 75.7 Å². The smallest absolute Gasteiger partial charge is 0.251 e. The molecule has 134 valence electrons. The molecule has 0 fully saturated rings. The van der Waals surface area contributed by atoms with Crippen molar-refractivity contribution in [1.82, 2.24) is 19.9 Å². The van der Waals surface area contributed by atoms with E-state index in [2.05, 4.69) is 19.9 Å². The van der Waals surface area contributed by atoms with Gasteiger partial charge in [-0.1, -0.05) is 24.3 Å². The van der Waals surface area contributed by atoms with Gasteiger partial charge in [0.2, 0.25) is 0 Å². The van der Waals surface area contributed by atoms with Gasteiger partial charge in [-0.05, 0) is 38.0 Å². The SMILES string of the molecule is Cc1nc(-c2cc([C@H](N)c3ccc(C(C)(C)O)cc3)ncn2)cc(=O)[nH]1. The molecule has 0 unspecified atom stereocenters. The lowest BCUT2D eigenvalue weighted by atomic mass is 9.95. The summed E-state index contributed by atoms with van der Waals surface area (Å²) in [6, 6.07) is 10.1. The number of H-pyrrole nitrogens is 1. The Morgan fingerprint density at radius 1 is 1.12 bits per heavy atom. The minimum atomic E-state index is -0.908. The highest BCUT2D eigenvalue weighted by Crippen LogP contribution is 2.24. The summed E-state index contributed by atoms with van der Waals surface area (Å²) in [6.45, 7) is 5.17. The summed E-state index contributed by atoms with van der Waals surface area (Å²) in [5.41, 5.74) is 8.48. The molecule has 1 atom stereocenters. The van der Waals surface area contributed by atoms with E-state index in [1.54, 1.807) is 26.8 Å². The quantitative estimate of drug-likeness (QED) is 0.660. The highest BCUT2D eigenvalue weighted by Gasteiger charge is 2.17. The third-order valence-corrected chi connectivity index (χ3v) is 4.11. The average molecular weight is 351 g/mol. The van der Waals surface area contributed by atoms with Gasteiger partial charge in [0, 0.05) is 6.07 Å². The predicted octanol–water partition coefficient (Wildman–Crippen LogP) is 1.81. The largest absolute Gasteiger partial charge is 0.386 e. The Labute approximate surface area is 151 Å². The second-order valence-corrected chi connectivity index (χ2v) is 6.70. The summed E-state index contributed by atoms with van der Waals surface area (Å²) in [5, 5.41) is 10.1. The molecule has 2 heterocycles. The lowest BCUT2D eigenvalue weighted by Crippen LogP contribution is -2.17. The van der Waals surface area contributed by atoms with Crippen molar-refractivity contribution in [2.45, 2.75) is 32.4 Å². The van der Waals surface area contributed by atoms with Gasteiger partial charge < -0.3 is 15.8 Å². The van der Waals surface area contributed by atoms with E-state index >= 15 is 0 Å². The van der Waals surface area contributed by atoms with E-state index in [1.807, 2.05) is 24.3 Å². The van der Waals surface area contributed by atoms with Crippen molar-refractivity contribution in [3.63, 3.8) is 0 Å². The Morgan fingerprint density at radius 3 is 2.42 bits per heavy atom. The predicted molar refractivity (Wildman–Crippen MR) is 98.3 cm³/mol. The Bertz CT molecular complexity index is 974. The third kappa shape index (κ3) is 3.84. The van der Waals surface area contributed by atoms with Gasteiger partial charge in [0.25, 0.3) is 5.56 Å². The van der Waals surface area contributed by atoms with E-state index in [4.69, 9.17) is 5.73 Å². The Morgan fingerprint density at radius 2 is 1.81 bits per heavy atom. The van der Waals surface area contributed by atoms with Crippen LogP contribution in [-0.4, -0.2) is 25.0 Å². The van der Waals surface area contributed by atoms with E-state index in [-0.39, 0.29) is 5.56 Å².